The van der Waals surface area contributed by atoms with E-state index in [-0.39, 0.29) is 0 Å². The van der Waals surface area contributed by atoms with Gasteiger partial charge in [-0.3, -0.25) is 0 Å². The highest BCUT2D eigenvalue weighted by atomic mass is 32.1. The molecule has 1 N–H and O–H groups in total. The van der Waals surface area contributed by atoms with Crippen LogP contribution in [-0.4, -0.2) is 29.1 Å². The van der Waals surface area contributed by atoms with E-state index in [0.717, 1.165) is 18.2 Å². The maximum atomic E-state index is 5.33. The van der Waals surface area contributed by atoms with Crippen LogP contribution in [0.2, 0.25) is 0 Å². The summed E-state index contributed by atoms with van der Waals surface area (Å²) in [5.41, 5.74) is 0. The first kappa shape index (κ1) is 13.7. The summed E-state index contributed by atoms with van der Waals surface area (Å²) in [4.78, 5) is 2.24. The van der Waals surface area contributed by atoms with Crippen LogP contribution in [0.25, 0.3) is 0 Å². The van der Waals surface area contributed by atoms with E-state index in [0.29, 0.717) is 12.0 Å². The second-order valence-electron chi connectivity index (χ2n) is 4.16. The third-order valence-corrected chi connectivity index (χ3v) is 2.69. The number of thiocarbonyl (C=S) groups is 1. The van der Waals surface area contributed by atoms with Crippen LogP contribution in [0.5, 0.6) is 0 Å². The molecule has 0 aliphatic heterocycles. The molecule has 0 rings (SSSR count). The molecule has 0 amide bonds. The van der Waals surface area contributed by atoms with Crippen molar-refractivity contribution in [2.45, 2.75) is 47.1 Å². The van der Waals surface area contributed by atoms with Crippen LogP contribution < -0.4 is 5.32 Å². The monoisotopic (exact) mass is 216 g/mol. The van der Waals surface area contributed by atoms with Gasteiger partial charge in [-0.15, -0.1) is 0 Å². The van der Waals surface area contributed by atoms with Crippen molar-refractivity contribution in [3.05, 3.63) is 0 Å². The number of nitrogens with zero attached hydrogens (tertiary/aromatic N) is 1. The van der Waals surface area contributed by atoms with Gasteiger partial charge in [-0.05, 0) is 38.9 Å². The van der Waals surface area contributed by atoms with Gasteiger partial charge in [0, 0.05) is 19.1 Å². The van der Waals surface area contributed by atoms with Gasteiger partial charge in [0.15, 0.2) is 5.11 Å². The Balaban J connectivity index is 4.05. The lowest BCUT2D eigenvalue weighted by Crippen LogP contribution is -2.44. The highest BCUT2D eigenvalue weighted by Gasteiger charge is 2.10. The molecule has 14 heavy (non-hydrogen) atoms. The molecule has 3 heteroatoms. The molecule has 0 aliphatic rings. The minimum atomic E-state index is 0.425. The van der Waals surface area contributed by atoms with E-state index in [9.17, 15) is 0 Å². The third kappa shape index (κ3) is 5.43. The van der Waals surface area contributed by atoms with Gasteiger partial charge in [0.05, 0.1) is 0 Å². The first-order valence-corrected chi connectivity index (χ1v) is 5.97. The maximum Gasteiger partial charge on any atom is 0.169 e. The minimum Gasteiger partial charge on any atom is -0.360 e. The van der Waals surface area contributed by atoms with Crippen molar-refractivity contribution in [1.82, 2.24) is 10.2 Å². The van der Waals surface area contributed by atoms with Crippen molar-refractivity contribution in [2.24, 2.45) is 5.92 Å². The van der Waals surface area contributed by atoms with Gasteiger partial charge in [-0.2, -0.15) is 0 Å². The minimum absolute atomic E-state index is 0.425. The molecule has 0 aliphatic carbocycles. The van der Waals surface area contributed by atoms with Crippen molar-refractivity contribution < 1.29 is 0 Å². The lowest BCUT2D eigenvalue weighted by molar-refractivity contribution is 0.352. The van der Waals surface area contributed by atoms with Crippen LogP contribution in [0.4, 0.5) is 0 Å². The fourth-order valence-electron chi connectivity index (χ4n) is 1.20. The first-order valence-electron chi connectivity index (χ1n) is 5.56. The molecule has 1 atom stereocenters. The summed E-state index contributed by atoms with van der Waals surface area (Å²) in [6, 6.07) is 0.425. The van der Waals surface area contributed by atoms with E-state index in [1.54, 1.807) is 0 Å². The zero-order chi connectivity index (χ0) is 11.1. The van der Waals surface area contributed by atoms with Crippen LogP contribution in [0, 0.1) is 5.92 Å². The first-order chi connectivity index (χ1) is 6.51. The van der Waals surface area contributed by atoms with Crippen LogP contribution >= 0.6 is 12.2 Å². The van der Waals surface area contributed by atoms with E-state index in [1.165, 1.54) is 6.42 Å². The molecule has 1 unspecified atom stereocenters. The van der Waals surface area contributed by atoms with Crippen LogP contribution in [0.1, 0.15) is 41.0 Å². The van der Waals surface area contributed by atoms with Gasteiger partial charge in [0.1, 0.15) is 0 Å². The number of hydrogen-bond donors (Lipinski definition) is 1. The Hall–Kier alpha value is -0.310. The van der Waals surface area contributed by atoms with Crippen molar-refractivity contribution in [3.63, 3.8) is 0 Å². The Morgan fingerprint density at radius 2 is 1.86 bits per heavy atom. The molecule has 0 aromatic carbocycles. The standard InChI is InChI=1S/C11H24N2S/c1-6-10(5)8-13(7-2)11(14)12-9(3)4/h9-10H,6-8H2,1-5H3,(H,12,14). The molecule has 0 aromatic rings. The number of rotatable bonds is 5. The highest BCUT2D eigenvalue weighted by molar-refractivity contribution is 7.80. The molecule has 0 aromatic heterocycles. The summed E-state index contributed by atoms with van der Waals surface area (Å²) in [6.07, 6.45) is 1.21. The fourth-order valence-corrected chi connectivity index (χ4v) is 1.64. The molecule has 0 fully saturated rings. The second-order valence-corrected chi connectivity index (χ2v) is 4.54. The van der Waals surface area contributed by atoms with Crippen LogP contribution in [0.15, 0.2) is 0 Å². The van der Waals surface area contributed by atoms with Crippen LogP contribution in [0.3, 0.4) is 0 Å². The Bertz CT molecular complexity index is 169. The predicted octanol–water partition coefficient (Wildman–Crippen LogP) is 2.64. The van der Waals surface area contributed by atoms with Gasteiger partial charge in [-0.25, -0.2) is 0 Å². The predicted molar refractivity (Wildman–Crippen MR) is 67.6 cm³/mol. The lowest BCUT2D eigenvalue weighted by atomic mass is 10.1. The maximum absolute atomic E-state index is 5.33. The summed E-state index contributed by atoms with van der Waals surface area (Å²) in [7, 11) is 0. The molecular weight excluding hydrogens is 192 g/mol. The third-order valence-electron chi connectivity index (χ3n) is 2.31. The van der Waals surface area contributed by atoms with Crippen molar-refractivity contribution in [1.29, 1.82) is 0 Å². The Morgan fingerprint density at radius 1 is 1.29 bits per heavy atom. The molecule has 0 spiro atoms. The summed E-state index contributed by atoms with van der Waals surface area (Å²) >= 11 is 5.33. The largest absolute Gasteiger partial charge is 0.360 e. The normalized spacial score (nSPS) is 12.7. The molecule has 0 radical (unpaired) electrons. The topological polar surface area (TPSA) is 15.3 Å². The second kappa shape index (κ2) is 7.04. The van der Waals surface area contributed by atoms with E-state index >= 15 is 0 Å². The Morgan fingerprint density at radius 3 is 2.21 bits per heavy atom. The number of nitrogens with one attached hydrogen (secondary N) is 1. The molecule has 0 bridgehead atoms. The molecule has 2 nitrogen and oxygen atoms in total. The highest BCUT2D eigenvalue weighted by Crippen LogP contribution is 2.04. The van der Waals surface area contributed by atoms with Gasteiger partial charge < -0.3 is 10.2 Å². The Labute approximate surface area is 94.1 Å². The van der Waals surface area contributed by atoms with Crippen molar-refractivity contribution in [2.75, 3.05) is 13.1 Å². The van der Waals surface area contributed by atoms with E-state index < -0.39 is 0 Å². The summed E-state index contributed by atoms with van der Waals surface area (Å²) in [5, 5.41) is 4.17. The van der Waals surface area contributed by atoms with E-state index in [1.807, 2.05) is 0 Å². The quantitative estimate of drug-likeness (QED) is 0.711. The van der Waals surface area contributed by atoms with Crippen LogP contribution in [-0.2, 0) is 0 Å². The molecule has 0 saturated carbocycles. The molecule has 84 valence electrons. The Kier molecular flexibility index (Phi) is 6.89. The molecule has 0 saturated heterocycles. The summed E-state index contributed by atoms with van der Waals surface area (Å²) in [5.74, 6) is 0.710. The van der Waals surface area contributed by atoms with Gasteiger partial charge in [0.2, 0.25) is 0 Å². The zero-order valence-electron chi connectivity index (χ0n) is 10.1. The lowest BCUT2D eigenvalue weighted by Gasteiger charge is -2.28. The summed E-state index contributed by atoms with van der Waals surface area (Å²) < 4.78 is 0. The van der Waals surface area contributed by atoms with E-state index in [2.05, 4.69) is 44.8 Å². The SMILES string of the molecule is CCC(C)CN(CC)C(=S)NC(C)C. The molecular formula is C11H24N2S. The summed E-state index contributed by atoms with van der Waals surface area (Å²) in [6.45, 7) is 12.9. The smallest absolute Gasteiger partial charge is 0.169 e. The average Bonchev–Trinajstić information content (AvgIpc) is 2.12. The van der Waals surface area contributed by atoms with Gasteiger partial charge >= 0.3 is 0 Å². The van der Waals surface area contributed by atoms with Gasteiger partial charge in [0.25, 0.3) is 0 Å². The zero-order valence-corrected chi connectivity index (χ0v) is 10.9. The van der Waals surface area contributed by atoms with Crippen molar-refractivity contribution in [3.8, 4) is 0 Å². The van der Waals surface area contributed by atoms with Crippen molar-refractivity contribution >= 4 is 17.3 Å². The van der Waals surface area contributed by atoms with Gasteiger partial charge in [-0.1, -0.05) is 20.3 Å². The fraction of sp³-hybridized carbons (Fsp3) is 0.909. The average molecular weight is 216 g/mol. The number of hydrogen-bond acceptors (Lipinski definition) is 1. The van der Waals surface area contributed by atoms with E-state index in [4.69, 9.17) is 12.2 Å². The molecule has 0 heterocycles.